The minimum atomic E-state index is -0.452. The van der Waals surface area contributed by atoms with Crippen molar-refractivity contribution in [2.75, 3.05) is 7.11 Å². The molecule has 0 amide bonds. The zero-order valence-electron chi connectivity index (χ0n) is 15.4. The van der Waals surface area contributed by atoms with Gasteiger partial charge in [0.25, 0.3) is 5.56 Å². The van der Waals surface area contributed by atoms with E-state index in [0.717, 1.165) is 48.9 Å². The van der Waals surface area contributed by atoms with Crippen molar-refractivity contribution in [2.24, 2.45) is 0 Å². The van der Waals surface area contributed by atoms with E-state index in [1.807, 2.05) is 30.3 Å². The van der Waals surface area contributed by atoms with Gasteiger partial charge in [0, 0.05) is 23.2 Å². The molecule has 2 aliphatic rings. The lowest BCUT2D eigenvalue weighted by molar-refractivity contribution is 0.153. The van der Waals surface area contributed by atoms with Crippen LogP contribution in [0.1, 0.15) is 60.8 Å². The Balaban J connectivity index is 1.68. The van der Waals surface area contributed by atoms with Crippen molar-refractivity contribution < 1.29 is 9.84 Å². The summed E-state index contributed by atoms with van der Waals surface area (Å²) in [6, 6.07) is 9.96. The van der Waals surface area contributed by atoms with E-state index in [-0.39, 0.29) is 17.5 Å². The molecule has 2 fully saturated rings. The van der Waals surface area contributed by atoms with E-state index in [9.17, 15) is 9.90 Å². The fourth-order valence-electron chi connectivity index (χ4n) is 4.03. The highest BCUT2D eigenvalue weighted by Gasteiger charge is 2.29. The summed E-state index contributed by atoms with van der Waals surface area (Å²) in [7, 11) is 1.59. The van der Waals surface area contributed by atoms with Crippen molar-refractivity contribution in [2.45, 2.75) is 56.2 Å². The predicted octanol–water partition coefficient (Wildman–Crippen LogP) is 3.51. The fraction of sp³-hybridized carbons (Fsp3) is 0.476. The second-order valence-electron chi connectivity index (χ2n) is 7.61. The molecule has 5 nitrogen and oxygen atoms in total. The molecule has 4 rings (SSSR count). The van der Waals surface area contributed by atoms with Gasteiger partial charge >= 0.3 is 0 Å². The Morgan fingerprint density at radius 1 is 1.22 bits per heavy atom. The average Bonchev–Trinajstić information content (AvgIpc) is 3.41. The Morgan fingerprint density at radius 3 is 2.63 bits per heavy atom. The van der Waals surface area contributed by atoms with Crippen LogP contribution in [0.2, 0.25) is 5.02 Å². The zero-order valence-corrected chi connectivity index (χ0v) is 16.1. The first-order chi connectivity index (χ1) is 13.0. The summed E-state index contributed by atoms with van der Waals surface area (Å²) in [5, 5.41) is 13.6. The molecular weight excluding hydrogens is 364 g/mol. The lowest BCUT2D eigenvalue weighted by Crippen LogP contribution is -2.31. The van der Waals surface area contributed by atoms with Crippen molar-refractivity contribution in [3.63, 3.8) is 0 Å². The maximum atomic E-state index is 12.6. The van der Waals surface area contributed by atoms with Crippen LogP contribution in [0, 0.1) is 0 Å². The third-order valence-corrected chi connectivity index (χ3v) is 5.97. The molecule has 3 atom stereocenters. The van der Waals surface area contributed by atoms with Crippen LogP contribution in [0.3, 0.4) is 0 Å². The molecule has 6 heteroatoms. The molecule has 1 aliphatic carbocycles. The molecular formula is C21H25ClN2O3. The number of aromatic nitrogens is 1. The van der Waals surface area contributed by atoms with Crippen molar-refractivity contribution in [1.82, 2.24) is 10.3 Å². The molecule has 1 saturated heterocycles. The SMILES string of the molecule is COc1ccc(C(C[C@H]2CCC(O)N2)c2ccc(C3CC3)c(=O)[nH]2)cc1Cl. The van der Waals surface area contributed by atoms with Crippen LogP contribution >= 0.6 is 11.6 Å². The highest BCUT2D eigenvalue weighted by atomic mass is 35.5. The molecule has 0 spiro atoms. The lowest BCUT2D eigenvalue weighted by atomic mass is 9.88. The highest BCUT2D eigenvalue weighted by Crippen LogP contribution is 2.39. The van der Waals surface area contributed by atoms with E-state index in [1.54, 1.807) is 7.11 Å². The number of methoxy groups -OCH3 is 1. The van der Waals surface area contributed by atoms with E-state index >= 15 is 0 Å². The van der Waals surface area contributed by atoms with Gasteiger partial charge in [-0.05, 0) is 61.8 Å². The summed E-state index contributed by atoms with van der Waals surface area (Å²) >= 11 is 6.35. The maximum Gasteiger partial charge on any atom is 0.251 e. The van der Waals surface area contributed by atoms with E-state index in [0.29, 0.717) is 16.7 Å². The Kier molecular flexibility index (Phi) is 5.26. The van der Waals surface area contributed by atoms with Crippen molar-refractivity contribution in [1.29, 1.82) is 0 Å². The van der Waals surface area contributed by atoms with Gasteiger partial charge in [0.15, 0.2) is 0 Å². The van der Waals surface area contributed by atoms with Gasteiger partial charge in [0.1, 0.15) is 12.0 Å². The van der Waals surface area contributed by atoms with Gasteiger partial charge in [-0.15, -0.1) is 0 Å². The normalized spacial score (nSPS) is 23.4. The van der Waals surface area contributed by atoms with Gasteiger partial charge in [0.2, 0.25) is 0 Å². The third kappa shape index (κ3) is 4.05. The largest absolute Gasteiger partial charge is 0.495 e. The first-order valence-electron chi connectivity index (χ1n) is 9.56. The Hall–Kier alpha value is -1.82. The topological polar surface area (TPSA) is 74.3 Å². The van der Waals surface area contributed by atoms with Gasteiger partial charge < -0.3 is 14.8 Å². The smallest absolute Gasteiger partial charge is 0.251 e. The third-order valence-electron chi connectivity index (χ3n) is 5.67. The van der Waals surface area contributed by atoms with Gasteiger partial charge in [-0.1, -0.05) is 23.7 Å². The summed E-state index contributed by atoms with van der Waals surface area (Å²) in [4.78, 5) is 15.7. The Labute approximate surface area is 163 Å². The number of halogens is 1. The van der Waals surface area contributed by atoms with Crippen molar-refractivity contribution >= 4 is 11.6 Å². The van der Waals surface area contributed by atoms with E-state index in [1.165, 1.54) is 0 Å². The second kappa shape index (κ2) is 7.66. The van der Waals surface area contributed by atoms with Crippen molar-refractivity contribution in [3.05, 3.63) is 62.5 Å². The molecule has 27 heavy (non-hydrogen) atoms. The molecule has 1 aromatic carbocycles. The lowest BCUT2D eigenvalue weighted by Gasteiger charge is -2.23. The molecule has 2 aromatic rings. The molecule has 2 heterocycles. The van der Waals surface area contributed by atoms with Gasteiger partial charge in [-0.2, -0.15) is 0 Å². The monoisotopic (exact) mass is 388 g/mol. The number of aliphatic hydroxyl groups is 1. The minimum absolute atomic E-state index is 0.0130. The minimum Gasteiger partial charge on any atom is -0.495 e. The molecule has 1 aromatic heterocycles. The number of ether oxygens (including phenoxy) is 1. The second-order valence-corrected chi connectivity index (χ2v) is 8.02. The summed E-state index contributed by atoms with van der Waals surface area (Å²) in [6.45, 7) is 0. The fourth-order valence-corrected chi connectivity index (χ4v) is 4.30. The number of pyridine rings is 1. The molecule has 0 radical (unpaired) electrons. The quantitative estimate of drug-likeness (QED) is 0.708. The van der Waals surface area contributed by atoms with Gasteiger partial charge in [0.05, 0.1) is 12.1 Å². The number of nitrogens with one attached hydrogen (secondary N) is 2. The predicted molar refractivity (Wildman–Crippen MR) is 106 cm³/mol. The number of H-pyrrole nitrogens is 1. The van der Waals surface area contributed by atoms with E-state index in [4.69, 9.17) is 16.3 Å². The van der Waals surface area contributed by atoms with Crippen LogP contribution in [-0.2, 0) is 0 Å². The van der Waals surface area contributed by atoms with Crippen LogP contribution < -0.4 is 15.6 Å². The van der Waals surface area contributed by atoms with Crippen LogP contribution in [0.5, 0.6) is 5.75 Å². The molecule has 0 bridgehead atoms. The molecule has 1 saturated carbocycles. The van der Waals surface area contributed by atoms with Gasteiger partial charge in [-0.25, -0.2) is 0 Å². The maximum absolute atomic E-state index is 12.6. The summed E-state index contributed by atoms with van der Waals surface area (Å²) in [5.41, 5.74) is 2.81. The number of rotatable bonds is 6. The molecule has 144 valence electrons. The van der Waals surface area contributed by atoms with Crippen LogP contribution in [0.25, 0.3) is 0 Å². The standard InChI is InChI=1S/C21H25ClN2O3/c1-27-19-8-4-13(10-17(19)22)16(11-14-5-9-20(25)23-14)18-7-6-15(12-2-3-12)21(26)24-18/h4,6-8,10,12,14,16,20,23,25H,2-3,5,9,11H2,1H3,(H,24,26)/t14-,16?,20?/m1/s1. The number of aromatic amines is 1. The van der Waals surface area contributed by atoms with E-state index < -0.39 is 6.23 Å². The van der Waals surface area contributed by atoms with E-state index in [2.05, 4.69) is 10.3 Å². The number of benzene rings is 1. The average molecular weight is 389 g/mol. The molecule has 2 unspecified atom stereocenters. The first kappa shape index (κ1) is 18.5. The Morgan fingerprint density at radius 2 is 2.04 bits per heavy atom. The highest BCUT2D eigenvalue weighted by molar-refractivity contribution is 6.32. The molecule has 1 aliphatic heterocycles. The van der Waals surface area contributed by atoms with Gasteiger partial charge in [-0.3, -0.25) is 10.1 Å². The van der Waals surface area contributed by atoms with Crippen molar-refractivity contribution in [3.8, 4) is 5.75 Å². The Bertz CT molecular complexity index is 878. The number of hydrogen-bond donors (Lipinski definition) is 3. The van der Waals surface area contributed by atoms with Crippen LogP contribution in [-0.4, -0.2) is 29.5 Å². The molecule has 3 N–H and O–H groups in total. The summed E-state index contributed by atoms with van der Waals surface area (Å²) in [6.07, 6.45) is 4.18. The summed E-state index contributed by atoms with van der Waals surface area (Å²) in [5.74, 6) is 1.03. The first-order valence-corrected chi connectivity index (χ1v) is 9.93. The summed E-state index contributed by atoms with van der Waals surface area (Å²) < 4.78 is 5.27. The van der Waals surface area contributed by atoms with Crippen LogP contribution in [0.4, 0.5) is 0 Å². The number of hydrogen-bond acceptors (Lipinski definition) is 4. The zero-order chi connectivity index (χ0) is 19.0. The van der Waals surface area contributed by atoms with Crippen LogP contribution in [0.15, 0.2) is 35.1 Å². The number of aliphatic hydroxyl groups excluding tert-OH is 1.